The molecule has 2 aromatic carbocycles. The van der Waals surface area contributed by atoms with Crippen LogP contribution in [-0.2, 0) is 41.8 Å². The summed E-state index contributed by atoms with van der Waals surface area (Å²) in [5.41, 5.74) is 0.260. The Kier molecular flexibility index (Phi) is 15.1. The van der Waals surface area contributed by atoms with Crippen molar-refractivity contribution in [3.63, 3.8) is 0 Å². The fraction of sp³-hybridized carbons (Fsp3) is 0.562. The molecular formula is C32H48N4O8S4. The van der Waals surface area contributed by atoms with E-state index >= 15 is 0 Å². The number of hydrogen-bond acceptors (Lipinski definition) is 9. The number of carbonyl (C=O) groups is 1. The number of sulfonamides is 1. The van der Waals surface area contributed by atoms with Gasteiger partial charge in [-0.3, -0.25) is 9.35 Å². The number of fused-ring (bicyclic) bond motifs is 1. The minimum absolute atomic E-state index is 0.126. The van der Waals surface area contributed by atoms with E-state index in [4.69, 9.17) is 0 Å². The third-order valence-corrected chi connectivity index (χ3v) is 13.0. The molecule has 0 atom stereocenters. The molecule has 3 rings (SSSR count). The Morgan fingerprint density at radius 2 is 1.33 bits per heavy atom. The molecule has 0 spiro atoms. The van der Waals surface area contributed by atoms with Gasteiger partial charge in [0.1, 0.15) is 0 Å². The Bertz CT molecular complexity index is 1930. The molecule has 1 amide bonds. The molecule has 0 bridgehead atoms. The van der Waals surface area contributed by atoms with Gasteiger partial charge in [-0.15, -0.1) is 5.10 Å². The van der Waals surface area contributed by atoms with Gasteiger partial charge in [-0.05, 0) is 42.8 Å². The first-order chi connectivity index (χ1) is 22.7. The van der Waals surface area contributed by atoms with Gasteiger partial charge >= 0.3 is 0 Å². The zero-order valence-electron chi connectivity index (χ0n) is 27.9. The molecule has 0 aliphatic heterocycles. The number of hydrogen-bond donors (Lipinski definition) is 3. The summed E-state index contributed by atoms with van der Waals surface area (Å²) in [7, 11) is -11.0. The first-order valence-electron chi connectivity index (χ1n) is 16.4. The van der Waals surface area contributed by atoms with Gasteiger partial charge in [0.05, 0.1) is 36.3 Å². The van der Waals surface area contributed by atoms with Crippen molar-refractivity contribution in [1.29, 1.82) is 0 Å². The molecule has 268 valence electrons. The van der Waals surface area contributed by atoms with E-state index in [1.54, 1.807) is 7.05 Å². The van der Waals surface area contributed by atoms with Gasteiger partial charge in [-0.2, -0.15) is 21.7 Å². The Morgan fingerprint density at radius 3 is 1.88 bits per heavy atom. The van der Waals surface area contributed by atoms with Crippen LogP contribution >= 0.6 is 11.3 Å². The maximum Gasteiger partial charge on any atom is 0.294 e. The summed E-state index contributed by atoms with van der Waals surface area (Å²) in [6, 6.07) is 7.33. The van der Waals surface area contributed by atoms with E-state index in [0.29, 0.717) is 16.6 Å². The van der Waals surface area contributed by atoms with Crippen molar-refractivity contribution in [2.24, 2.45) is 12.1 Å². The predicted octanol–water partition coefficient (Wildman–Crippen LogP) is 6.49. The summed E-state index contributed by atoms with van der Waals surface area (Å²) in [6.07, 6.45) is 16.0. The van der Waals surface area contributed by atoms with Crippen LogP contribution in [0.15, 0.2) is 56.2 Å². The van der Waals surface area contributed by atoms with Gasteiger partial charge in [0, 0.05) is 14.0 Å². The molecule has 0 fully saturated rings. The van der Waals surface area contributed by atoms with E-state index in [9.17, 15) is 34.6 Å². The van der Waals surface area contributed by atoms with Crippen LogP contribution in [-0.4, -0.2) is 46.0 Å². The number of nitrogens with zero attached hydrogens (tertiary/aromatic N) is 2. The molecule has 1 heterocycles. The fourth-order valence-corrected chi connectivity index (χ4v) is 9.23. The van der Waals surface area contributed by atoms with Crippen LogP contribution in [0.2, 0.25) is 0 Å². The molecule has 0 aliphatic carbocycles. The van der Waals surface area contributed by atoms with Crippen molar-refractivity contribution in [2.75, 3.05) is 11.1 Å². The highest BCUT2D eigenvalue weighted by Gasteiger charge is 2.23. The van der Waals surface area contributed by atoms with E-state index in [2.05, 4.69) is 22.2 Å². The lowest BCUT2D eigenvalue weighted by Gasteiger charge is -2.13. The molecule has 1 aromatic heterocycles. The zero-order chi connectivity index (χ0) is 35.4. The van der Waals surface area contributed by atoms with Crippen LogP contribution in [0.3, 0.4) is 0 Å². The highest BCUT2D eigenvalue weighted by molar-refractivity contribution is 7.91. The molecule has 48 heavy (non-hydrogen) atoms. The number of nitrogens with one attached hydrogen (secondary N) is 2. The summed E-state index contributed by atoms with van der Waals surface area (Å²) < 4.78 is 87.2. The van der Waals surface area contributed by atoms with Crippen molar-refractivity contribution in [1.82, 2.24) is 9.40 Å². The lowest BCUT2D eigenvalue weighted by molar-refractivity contribution is -0.114. The van der Waals surface area contributed by atoms with Crippen LogP contribution in [0.5, 0.6) is 0 Å². The number of carbonyl (C=O) groups excluding carboxylic acids is 1. The molecule has 0 saturated heterocycles. The average molecular weight is 745 g/mol. The smallest absolute Gasteiger partial charge is 0.294 e. The predicted molar refractivity (Wildman–Crippen MR) is 190 cm³/mol. The summed E-state index contributed by atoms with van der Waals surface area (Å²) >= 11 is 1.07. The second kappa shape index (κ2) is 18.3. The number of thiazole rings is 1. The van der Waals surface area contributed by atoms with Crippen LogP contribution in [0, 0.1) is 0 Å². The van der Waals surface area contributed by atoms with E-state index in [0.717, 1.165) is 49.2 Å². The number of aryl methyl sites for hydroxylation is 1. The van der Waals surface area contributed by atoms with E-state index < -0.39 is 35.9 Å². The molecule has 3 aromatic rings. The Balaban J connectivity index is 1.60. The molecular weight excluding hydrogens is 697 g/mol. The van der Waals surface area contributed by atoms with Crippen LogP contribution < -0.4 is 14.9 Å². The highest BCUT2D eigenvalue weighted by atomic mass is 32.2. The van der Waals surface area contributed by atoms with Crippen molar-refractivity contribution >= 4 is 63.1 Å². The number of anilines is 1. The molecule has 0 radical (unpaired) electrons. The summed E-state index contributed by atoms with van der Waals surface area (Å²) in [5.74, 6) is -0.685. The summed E-state index contributed by atoms with van der Waals surface area (Å²) in [6.45, 7) is 3.43. The summed E-state index contributed by atoms with van der Waals surface area (Å²) in [5, 5.41) is 6.42. The quantitative estimate of drug-likeness (QED) is 0.0628. The van der Waals surface area contributed by atoms with Crippen molar-refractivity contribution < 1.29 is 34.6 Å². The average Bonchev–Trinajstić information content (AvgIpc) is 3.34. The Morgan fingerprint density at radius 1 is 0.792 bits per heavy atom. The van der Waals surface area contributed by atoms with Gasteiger partial charge < -0.3 is 9.88 Å². The third-order valence-electron chi connectivity index (χ3n) is 8.01. The highest BCUT2D eigenvalue weighted by Crippen LogP contribution is 2.27. The topological polar surface area (TPSA) is 181 Å². The number of benzene rings is 2. The second-order valence-electron chi connectivity index (χ2n) is 12.0. The SMILES string of the molecule is CCCCCCCCCCCCCCCCS(=O)(=O)c1ccc(S(=O)(=O)NN=c2sc3ccc(S(=O)(=O)O)cc3n2C)cc1NC(C)=O. The van der Waals surface area contributed by atoms with Crippen molar-refractivity contribution in [3.8, 4) is 0 Å². The number of unbranched alkanes of at least 4 members (excludes halogenated alkanes) is 13. The lowest BCUT2D eigenvalue weighted by atomic mass is 10.0. The maximum atomic E-state index is 13.2. The van der Waals surface area contributed by atoms with Gasteiger partial charge in [0.25, 0.3) is 20.1 Å². The Labute approximate surface area is 288 Å². The summed E-state index contributed by atoms with van der Waals surface area (Å²) in [4.78, 5) is 13.4. The Hall–Kier alpha value is -2.79. The van der Waals surface area contributed by atoms with Crippen LogP contribution in [0.1, 0.15) is 104 Å². The van der Waals surface area contributed by atoms with Gasteiger partial charge in [-0.25, -0.2) is 8.42 Å². The number of sulfone groups is 1. The molecule has 16 heteroatoms. The molecule has 12 nitrogen and oxygen atoms in total. The monoisotopic (exact) mass is 744 g/mol. The number of aromatic nitrogens is 1. The second-order valence-corrected chi connectivity index (χ2v) is 18.2. The first kappa shape index (κ1) is 39.6. The van der Waals surface area contributed by atoms with Gasteiger partial charge in [-0.1, -0.05) is 102 Å². The molecule has 3 N–H and O–H groups in total. The lowest BCUT2D eigenvalue weighted by Crippen LogP contribution is -2.24. The normalized spacial score (nSPS) is 12.9. The first-order valence-corrected chi connectivity index (χ1v) is 21.8. The minimum Gasteiger partial charge on any atom is -0.325 e. The molecule has 0 unspecified atom stereocenters. The van der Waals surface area contributed by atoms with Gasteiger partial charge in [0.15, 0.2) is 9.84 Å². The largest absolute Gasteiger partial charge is 0.325 e. The zero-order valence-corrected chi connectivity index (χ0v) is 31.2. The van der Waals surface area contributed by atoms with E-state index in [-0.39, 0.29) is 30.9 Å². The van der Waals surface area contributed by atoms with E-state index in [1.165, 1.54) is 93.5 Å². The van der Waals surface area contributed by atoms with E-state index in [1.807, 2.05) is 0 Å². The van der Waals surface area contributed by atoms with Crippen molar-refractivity contribution in [3.05, 3.63) is 41.2 Å². The third kappa shape index (κ3) is 12.0. The van der Waals surface area contributed by atoms with Gasteiger partial charge in [0.2, 0.25) is 10.7 Å². The van der Waals surface area contributed by atoms with Crippen LogP contribution in [0.25, 0.3) is 10.2 Å². The number of rotatable bonds is 21. The van der Waals surface area contributed by atoms with Crippen LogP contribution in [0.4, 0.5) is 5.69 Å². The number of amides is 1. The van der Waals surface area contributed by atoms with Crippen molar-refractivity contribution in [2.45, 2.75) is 118 Å². The maximum absolute atomic E-state index is 13.2. The standard InChI is InChI=1S/C32H48N4O8S4/c1-4-5-6-7-8-9-10-11-12-13-14-15-16-17-22-46(38,39)31-21-19-26(23-28(31)33-25(2)37)47(40,41)35-34-32-36(3)29-24-27(48(42,43)44)18-20-30(29)45-32/h18-21,23-24,35H,4-17,22H2,1-3H3,(H,33,37)(H,42,43,44). The molecule has 0 saturated carbocycles. The minimum atomic E-state index is -4.44. The molecule has 0 aliphatic rings. The fourth-order valence-electron chi connectivity index (χ4n) is 5.36.